The molecule has 164 valence electrons. The molecule has 2 aromatic rings. The molecular formula is C23H25ClN2O5. The van der Waals surface area contributed by atoms with Crippen molar-refractivity contribution in [2.24, 2.45) is 5.92 Å². The molecule has 0 aromatic heterocycles. The second-order valence-electron chi connectivity index (χ2n) is 7.61. The van der Waals surface area contributed by atoms with Gasteiger partial charge in [0.2, 0.25) is 5.91 Å². The van der Waals surface area contributed by atoms with Crippen LogP contribution in [-0.2, 0) is 4.79 Å². The molecule has 0 atom stereocenters. The highest BCUT2D eigenvalue weighted by molar-refractivity contribution is 6.31. The lowest BCUT2D eigenvalue weighted by atomic mass is 9.95. The van der Waals surface area contributed by atoms with E-state index in [1.807, 2.05) is 12.1 Å². The van der Waals surface area contributed by atoms with Crippen molar-refractivity contribution in [2.75, 3.05) is 38.7 Å². The number of nitrogens with one attached hydrogen (secondary N) is 1. The van der Waals surface area contributed by atoms with Gasteiger partial charge in [-0.25, -0.2) is 0 Å². The van der Waals surface area contributed by atoms with E-state index in [0.717, 1.165) is 6.42 Å². The molecule has 2 heterocycles. The maximum absolute atomic E-state index is 12.9. The standard InChI is InChI=1S/C23H25ClN2O5/c1-29-19-5-3-16(24)13-18(19)23(28)26-9-7-15(8-10-26)22(27)25-17-4-6-20-21(14-17)31-12-2-11-30-20/h3-6,13-15H,2,7-12H2,1H3,(H,25,27). The number of fused-ring (bicyclic) bond motifs is 1. The minimum Gasteiger partial charge on any atom is -0.496 e. The van der Waals surface area contributed by atoms with Crippen molar-refractivity contribution in [1.82, 2.24) is 4.90 Å². The van der Waals surface area contributed by atoms with Crippen LogP contribution >= 0.6 is 11.6 Å². The summed E-state index contributed by atoms with van der Waals surface area (Å²) in [7, 11) is 1.52. The van der Waals surface area contributed by atoms with Crippen LogP contribution in [-0.4, -0.2) is 50.1 Å². The molecule has 1 saturated heterocycles. The largest absolute Gasteiger partial charge is 0.496 e. The molecule has 7 nitrogen and oxygen atoms in total. The lowest BCUT2D eigenvalue weighted by Gasteiger charge is -2.31. The van der Waals surface area contributed by atoms with Crippen LogP contribution in [0.25, 0.3) is 0 Å². The third-order valence-electron chi connectivity index (χ3n) is 5.56. The molecule has 2 aliphatic rings. The van der Waals surface area contributed by atoms with Gasteiger partial charge in [0.25, 0.3) is 5.91 Å². The molecule has 0 saturated carbocycles. The van der Waals surface area contributed by atoms with Gasteiger partial charge in [0.1, 0.15) is 5.75 Å². The van der Waals surface area contributed by atoms with Crippen molar-refractivity contribution < 1.29 is 23.8 Å². The number of rotatable bonds is 4. The van der Waals surface area contributed by atoms with Crippen molar-refractivity contribution in [2.45, 2.75) is 19.3 Å². The monoisotopic (exact) mass is 444 g/mol. The Morgan fingerprint density at radius 1 is 1.06 bits per heavy atom. The highest BCUT2D eigenvalue weighted by Gasteiger charge is 2.29. The number of benzene rings is 2. The van der Waals surface area contributed by atoms with Gasteiger partial charge < -0.3 is 24.4 Å². The first-order valence-electron chi connectivity index (χ1n) is 10.4. The van der Waals surface area contributed by atoms with Gasteiger partial charge in [-0.15, -0.1) is 0 Å². The molecule has 1 fully saturated rings. The van der Waals surface area contributed by atoms with Gasteiger partial charge in [0, 0.05) is 42.2 Å². The SMILES string of the molecule is COc1ccc(Cl)cc1C(=O)N1CCC(C(=O)Nc2ccc3c(c2)OCCCO3)CC1. The van der Waals surface area contributed by atoms with Crippen molar-refractivity contribution >= 4 is 29.1 Å². The van der Waals surface area contributed by atoms with Gasteiger partial charge in [-0.3, -0.25) is 9.59 Å². The molecule has 2 amide bonds. The Bertz CT molecular complexity index is 972. The first-order chi connectivity index (χ1) is 15.0. The Morgan fingerprint density at radius 3 is 2.55 bits per heavy atom. The van der Waals surface area contributed by atoms with E-state index in [4.69, 9.17) is 25.8 Å². The number of methoxy groups -OCH3 is 1. The van der Waals surface area contributed by atoms with Crippen molar-refractivity contribution in [3.63, 3.8) is 0 Å². The van der Waals surface area contributed by atoms with Gasteiger partial charge in [-0.1, -0.05) is 11.6 Å². The van der Waals surface area contributed by atoms with Crippen LogP contribution in [0.15, 0.2) is 36.4 Å². The quantitative estimate of drug-likeness (QED) is 0.771. The number of piperidine rings is 1. The third-order valence-corrected chi connectivity index (χ3v) is 5.80. The number of hydrogen-bond acceptors (Lipinski definition) is 5. The smallest absolute Gasteiger partial charge is 0.257 e. The van der Waals surface area contributed by atoms with E-state index >= 15 is 0 Å². The molecule has 0 bridgehead atoms. The van der Waals surface area contributed by atoms with Gasteiger partial charge in [-0.05, 0) is 43.2 Å². The molecule has 2 aliphatic heterocycles. The molecule has 0 aliphatic carbocycles. The van der Waals surface area contributed by atoms with Crippen LogP contribution in [0.3, 0.4) is 0 Å². The van der Waals surface area contributed by atoms with Gasteiger partial charge in [0.15, 0.2) is 11.5 Å². The van der Waals surface area contributed by atoms with Crippen LogP contribution in [0.1, 0.15) is 29.6 Å². The number of nitrogens with zero attached hydrogens (tertiary/aromatic N) is 1. The Balaban J connectivity index is 1.36. The Labute approximate surface area is 186 Å². The second-order valence-corrected chi connectivity index (χ2v) is 8.05. The van der Waals surface area contributed by atoms with Crippen LogP contribution in [0.4, 0.5) is 5.69 Å². The van der Waals surface area contributed by atoms with E-state index in [1.54, 1.807) is 29.2 Å². The van der Waals surface area contributed by atoms with Crippen molar-refractivity contribution in [3.8, 4) is 17.2 Å². The van der Waals surface area contributed by atoms with Crippen molar-refractivity contribution in [1.29, 1.82) is 0 Å². The van der Waals surface area contributed by atoms with Crippen LogP contribution in [0, 0.1) is 5.92 Å². The van der Waals surface area contributed by atoms with Crippen LogP contribution in [0.5, 0.6) is 17.2 Å². The minimum atomic E-state index is -0.165. The number of hydrogen-bond donors (Lipinski definition) is 1. The van der Waals surface area contributed by atoms with Gasteiger partial charge >= 0.3 is 0 Å². The second kappa shape index (κ2) is 9.47. The fourth-order valence-electron chi connectivity index (χ4n) is 3.85. The van der Waals surface area contributed by atoms with Crippen LogP contribution in [0.2, 0.25) is 5.02 Å². The molecule has 0 unspecified atom stereocenters. The van der Waals surface area contributed by atoms with E-state index in [9.17, 15) is 9.59 Å². The molecule has 1 N–H and O–H groups in total. The summed E-state index contributed by atoms with van der Waals surface area (Å²) in [6.07, 6.45) is 2.00. The van der Waals surface area contributed by atoms with Gasteiger partial charge in [-0.2, -0.15) is 0 Å². The number of carbonyl (C=O) groups is 2. The predicted molar refractivity (Wildman–Crippen MR) is 117 cm³/mol. The Hall–Kier alpha value is -2.93. The number of likely N-dealkylation sites (tertiary alicyclic amines) is 1. The number of halogens is 1. The summed E-state index contributed by atoms with van der Waals surface area (Å²) < 4.78 is 16.6. The number of anilines is 1. The fraction of sp³-hybridized carbons (Fsp3) is 0.391. The fourth-order valence-corrected chi connectivity index (χ4v) is 4.02. The maximum Gasteiger partial charge on any atom is 0.257 e. The molecule has 0 radical (unpaired) electrons. The lowest BCUT2D eigenvalue weighted by molar-refractivity contribution is -0.121. The molecule has 2 aromatic carbocycles. The van der Waals surface area contributed by atoms with Crippen molar-refractivity contribution in [3.05, 3.63) is 47.0 Å². The topological polar surface area (TPSA) is 77.1 Å². The summed E-state index contributed by atoms with van der Waals surface area (Å²) in [6.45, 7) is 2.20. The first kappa shape index (κ1) is 21.3. The average Bonchev–Trinajstić information content (AvgIpc) is 3.03. The zero-order chi connectivity index (χ0) is 21.8. The zero-order valence-electron chi connectivity index (χ0n) is 17.4. The normalized spacial score (nSPS) is 16.4. The molecule has 8 heteroatoms. The summed E-state index contributed by atoms with van der Waals surface area (Å²) in [5.74, 6) is 1.47. The Morgan fingerprint density at radius 2 is 1.81 bits per heavy atom. The average molecular weight is 445 g/mol. The van der Waals surface area contributed by atoms with E-state index in [1.165, 1.54) is 7.11 Å². The van der Waals surface area contributed by atoms with Gasteiger partial charge in [0.05, 0.1) is 25.9 Å². The molecular weight excluding hydrogens is 420 g/mol. The number of ether oxygens (including phenoxy) is 3. The minimum absolute atomic E-state index is 0.0538. The summed E-state index contributed by atoms with van der Waals surface area (Å²) in [6, 6.07) is 10.4. The first-order valence-corrected chi connectivity index (χ1v) is 10.8. The highest BCUT2D eigenvalue weighted by atomic mass is 35.5. The summed E-state index contributed by atoms with van der Waals surface area (Å²) >= 11 is 6.06. The van der Waals surface area contributed by atoms with E-state index in [0.29, 0.717) is 72.7 Å². The maximum atomic E-state index is 12.9. The molecule has 0 spiro atoms. The van der Waals surface area contributed by atoms with E-state index in [2.05, 4.69) is 5.32 Å². The van der Waals surface area contributed by atoms with E-state index < -0.39 is 0 Å². The van der Waals surface area contributed by atoms with Crippen LogP contribution < -0.4 is 19.5 Å². The number of amides is 2. The zero-order valence-corrected chi connectivity index (χ0v) is 18.1. The highest BCUT2D eigenvalue weighted by Crippen LogP contribution is 2.33. The van der Waals surface area contributed by atoms with E-state index in [-0.39, 0.29) is 17.7 Å². The molecule has 31 heavy (non-hydrogen) atoms. The summed E-state index contributed by atoms with van der Waals surface area (Å²) in [5.41, 5.74) is 1.11. The Kier molecular flexibility index (Phi) is 6.51. The predicted octanol–water partition coefficient (Wildman–Crippen LogP) is 4.00. The summed E-state index contributed by atoms with van der Waals surface area (Å²) in [4.78, 5) is 27.4. The third kappa shape index (κ3) is 4.88. The lowest BCUT2D eigenvalue weighted by Crippen LogP contribution is -2.41. The number of carbonyl (C=O) groups excluding carboxylic acids is 2. The molecule has 4 rings (SSSR count). The summed E-state index contributed by atoms with van der Waals surface area (Å²) in [5, 5.41) is 3.45.